The molecule has 15 heavy (non-hydrogen) atoms. The van der Waals surface area contributed by atoms with Crippen LogP contribution in [0.1, 0.15) is 42.9 Å². The number of benzene rings is 1. The van der Waals surface area contributed by atoms with E-state index in [1.807, 2.05) is 6.92 Å². The summed E-state index contributed by atoms with van der Waals surface area (Å²) < 4.78 is 0. The van der Waals surface area contributed by atoms with Crippen molar-refractivity contribution in [2.75, 3.05) is 0 Å². The quantitative estimate of drug-likeness (QED) is 0.716. The van der Waals surface area contributed by atoms with E-state index in [4.69, 9.17) is 0 Å². The SMILES string of the molecule is CCCC(=O)CCc1ccc(C)c(C)c1. The number of rotatable bonds is 5. The van der Waals surface area contributed by atoms with Gasteiger partial charge in [0.2, 0.25) is 0 Å². The van der Waals surface area contributed by atoms with Crippen LogP contribution in [0.2, 0.25) is 0 Å². The number of ketones is 1. The van der Waals surface area contributed by atoms with Gasteiger partial charge in [-0.2, -0.15) is 0 Å². The summed E-state index contributed by atoms with van der Waals surface area (Å²) in [5, 5.41) is 0. The number of hydrogen-bond acceptors (Lipinski definition) is 1. The first-order valence-corrected chi connectivity index (χ1v) is 5.71. The number of aryl methyl sites for hydroxylation is 3. The Morgan fingerprint density at radius 2 is 1.87 bits per heavy atom. The van der Waals surface area contributed by atoms with Crippen molar-refractivity contribution in [2.45, 2.75) is 46.5 Å². The standard InChI is InChI=1S/C14H20O/c1-4-5-14(15)9-8-13-7-6-11(2)12(3)10-13/h6-7,10H,4-5,8-9H2,1-3H3. The van der Waals surface area contributed by atoms with E-state index in [9.17, 15) is 4.79 Å². The molecule has 1 nitrogen and oxygen atoms in total. The third kappa shape index (κ3) is 3.86. The first-order chi connectivity index (χ1) is 7.13. The maximum Gasteiger partial charge on any atom is 0.133 e. The zero-order chi connectivity index (χ0) is 11.3. The minimum atomic E-state index is 0.385. The lowest BCUT2D eigenvalue weighted by atomic mass is 10.0. The third-order valence-corrected chi connectivity index (χ3v) is 2.79. The number of carbonyl (C=O) groups is 1. The van der Waals surface area contributed by atoms with Crippen molar-refractivity contribution in [2.24, 2.45) is 0 Å². The van der Waals surface area contributed by atoms with Crippen molar-refractivity contribution in [1.82, 2.24) is 0 Å². The Morgan fingerprint density at radius 1 is 1.13 bits per heavy atom. The van der Waals surface area contributed by atoms with Crippen molar-refractivity contribution in [3.8, 4) is 0 Å². The summed E-state index contributed by atoms with van der Waals surface area (Å²) in [7, 11) is 0. The highest BCUT2D eigenvalue weighted by molar-refractivity contribution is 5.78. The van der Waals surface area contributed by atoms with Gasteiger partial charge in [0.1, 0.15) is 5.78 Å². The van der Waals surface area contributed by atoms with Crippen LogP contribution in [-0.2, 0) is 11.2 Å². The van der Waals surface area contributed by atoms with Gasteiger partial charge in [0.15, 0.2) is 0 Å². The van der Waals surface area contributed by atoms with Crippen LogP contribution in [-0.4, -0.2) is 5.78 Å². The predicted molar refractivity (Wildman–Crippen MR) is 64.2 cm³/mol. The summed E-state index contributed by atoms with van der Waals surface area (Å²) in [4.78, 5) is 11.4. The Labute approximate surface area is 92.5 Å². The average molecular weight is 204 g/mol. The van der Waals surface area contributed by atoms with E-state index in [1.165, 1.54) is 16.7 Å². The molecule has 0 fully saturated rings. The smallest absolute Gasteiger partial charge is 0.133 e. The van der Waals surface area contributed by atoms with Gasteiger partial charge in [-0.3, -0.25) is 4.79 Å². The topological polar surface area (TPSA) is 17.1 Å². The van der Waals surface area contributed by atoms with Crippen LogP contribution in [0.5, 0.6) is 0 Å². The molecule has 1 heteroatoms. The summed E-state index contributed by atoms with van der Waals surface area (Å²) in [5.41, 5.74) is 3.91. The van der Waals surface area contributed by atoms with Gasteiger partial charge in [-0.25, -0.2) is 0 Å². The van der Waals surface area contributed by atoms with Gasteiger partial charge >= 0.3 is 0 Å². The maximum absolute atomic E-state index is 11.4. The minimum absolute atomic E-state index is 0.385. The predicted octanol–water partition coefficient (Wildman–Crippen LogP) is 3.61. The van der Waals surface area contributed by atoms with Crippen molar-refractivity contribution >= 4 is 5.78 Å². The average Bonchev–Trinajstić information content (AvgIpc) is 2.20. The van der Waals surface area contributed by atoms with Crippen molar-refractivity contribution in [3.05, 3.63) is 34.9 Å². The van der Waals surface area contributed by atoms with Gasteiger partial charge in [0, 0.05) is 12.8 Å². The van der Waals surface area contributed by atoms with E-state index < -0.39 is 0 Å². The van der Waals surface area contributed by atoms with Gasteiger partial charge in [0.05, 0.1) is 0 Å². The minimum Gasteiger partial charge on any atom is -0.300 e. The molecule has 0 bridgehead atoms. The zero-order valence-electron chi connectivity index (χ0n) is 9.97. The molecule has 82 valence electrons. The lowest BCUT2D eigenvalue weighted by Crippen LogP contribution is -1.99. The van der Waals surface area contributed by atoms with Crippen LogP contribution in [0.4, 0.5) is 0 Å². The summed E-state index contributed by atoms with van der Waals surface area (Å²) in [6.45, 7) is 6.28. The van der Waals surface area contributed by atoms with E-state index >= 15 is 0 Å². The fourth-order valence-corrected chi connectivity index (χ4v) is 1.65. The molecule has 0 heterocycles. The molecule has 0 saturated carbocycles. The van der Waals surface area contributed by atoms with E-state index in [2.05, 4.69) is 32.0 Å². The largest absolute Gasteiger partial charge is 0.300 e. The molecule has 1 aromatic rings. The van der Waals surface area contributed by atoms with Crippen molar-refractivity contribution in [1.29, 1.82) is 0 Å². The van der Waals surface area contributed by atoms with Crippen molar-refractivity contribution < 1.29 is 4.79 Å². The van der Waals surface area contributed by atoms with E-state index in [0.29, 0.717) is 12.2 Å². The first kappa shape index (κ1) is 12.0. The Kier molecular flexibility index (Phi) is 4.54. The molecule has 0 saturated heterocycles. The molecule has 0 spiro atoms. The molecule has 1 rings (SSSR count). The molecule has 0 amide bonds. The highest BCUT2D eigenvalue weighted by atomic mass is 16.1. The fraction of sp³-hybridized carbons (Fsp3) is 0.500. The van der Waals surface area contributed by atoms with Gasteiger partial charge < -0.3 is 0 Å². The van der Waals surface area contributed by atoms with E-state index in [0.717, 1.165) is 19.3 Å². The molecule has 0 atom stereocenters. The van der Waals surface area contributed by atoms with Crippen LogP contribution in [0.15, 0.2) is 18.2 Å². The van der Waals surface area contributed by atoms with Gasteiger partial charge in [-0.05, 0) is 43.4 Å². The van der Waals surface area contributed by atoms with Crippen LogP contribution < -0.4 is 0 Å². The summed E-state index contributed by atoms with van der Waals surface area (Å²) in [5.74, 6) is 0.385. The Balaban J connectivity index is 2.51. The van der Waals surface area contributed by atoms with Crippen LogP contribution in [0.3, 0.4) is 0 Å². The number of carbonyl (C=O) groups excluding carboxylic acids is 1. The van der Waals surface area contributed by atoms with Gasteiger partial charge in [-0.1, -0.05) is 25.1 Å². The second-order valence-corrected chi connectivity index (χ2v) is 4.21. The maximum atomic E-state index is 11.4. The first-order valence-electron chi connectivity index (χ1n) is 5.71. The summed E-state index contributed by atoms with van der Waals surface area (Å²) >= 11 is 0. The molecule has 0 aromatic heterocycles. The Hall–Kier alpha value is -1.11. The van der Waals surface area contributed by atoms with E-state index in [1.54, 1.807) is 0 Å². The monoisotopic (exact) mass is 204 g/mol. The van der Waals surface area contributed by atoms with Crippen LogP contribution >= 0.6 is 0 Å². The number of Topliss-reactive ketones (excluding diaryl/α,β-unsaturated/α-hetero) is 1. The highest BCUT2D eigenvalue weighted by Crippen LogP contribution is 2.12. The molecule has 0 aliphatic heterocycles. The Morgan fingerprint density at radius 3 is 2.47 bits per heavy atom. The molecular weight excluding hydrogens is 184 g/mol. The number of hydrogen-bond donors (Lipinski definition) is 0. The second-order valence-electron chi connectivity index (χ2n) is 4.21. The van der Waals surface area contributed by atoms with Gasteiger partial charge in [0.25, 0.3) is 0 Å². The van der Waals surface area contributed by atoms with Crippen molar-refractivity contribution in [3.63, 3.8) is 0 Å². The zero-order valence-corrected chi connectivity index (χ0v) is 9.97. The third-order valence-electron chi connectivity index (χ3n) is 2.79. The van der Waals surface area contributed by atoms with Crippen LogP contribution in [0, 0.1) is 13.8 Å². The summed E-state index contributed by atoms with van der Waals surface area (Å²) in [6.07, 6.45) is 3.27. The Bertz CT molecular complexity index is 339. The van der Waals surface area contributed by atoms with Gasteiger partial charge in [-0.15, -0.1) is 0 Å². The molecule has 1 aromatic carbocycles. The molecule has 0 unspecified atom stereocenters. The molecule has 0 radical (unpaired) electrons. The van der Waals surface area contributed by atoms with E-state index in [-0.39, 0.29) is 0 Å². The lowest BCUT2D eigenvalue weighted by molar-refractivity contribution is -0.119. The fourth-order valence-electron chi connectivity index (χ4n) is 1.65. The highest BCUT2D eigenvalue weighted by Gasteiger charge is 2.02. The molecule has 0 aliphatic rings. The lowest BCUT2D eigenvalue weighted by Gasteiger charge is -2.04. The molecular formula is C14H20O. The second kappa shape index (κ2) is 5.69. The summed E-state index contributed by atoms with van der Waals surface area (Å²) in [6, 6.07) is 6.45. The van der Waals surface area contributed by atoms with Crippen LogP contribution in [0.25, 0.3) is 0 Å². The molecule has 0 N–H and O–H groups in total. The normalized spacial score (nSPS) is 10.3. The molecule has 0 aliphatic carbocycles.